The number of benzene rings is 1. The molecule has 1 amide bonds. The Morgan fingerprint density at radius 3 is 2.63 bits per heavy atom. The fourth-order valence-corrected chi connectivity index (χ4v) is 1.42. The molecular weight excluding hydrogens is 288 g/mol. The first-order valence-corrected chi connectivity index (χ1v) is 5.63. The Labute approximate surface area is 111 Å². The van der Waals surface area contributed by atoms with Gasteiger partial charge in [-0.1, -0.05) is 11.6 Å². The lowest BCUT2D eigenvalue weighted by atomic mass is 10.2. The summed E-state index contributed by atoms with van der Waals surface area (Å²) in [6.07, 6.45) is -4.49. The molecule has 0 aliphatic carbocycles. The standard InChI is InChI=1S/C11H11ClF4N2O/c1-6(10(19)17-5-11(14,15)16)18-9-4-7(12)2-3-8(9)13/h2-4,6,18H,5H2,1H3,(H,17,19). The topological polar surface area (TPSA) is 41.1 Å². The van der Waals surface area contributed by atoms with Crippen LogP contribution in [0, 0.1) is 5.82 Å². The first-order chi connectivity index (χ1) is 8.69. The van der Waals surface area contributed by atoms with Crippen molar-refractivity contribution in [3.05, 3.63) is 29.0 Å². The van der Waals surface area contributed by atoms with Crippen molar-refractivity contribution in [1.82, 2.24) is 5.32 Å². The molecule has 0 aromatic heterocycles. The molecule has 0 radical (unpaired) electrons. The zero-order valence-electron chi connectivity index (χ0n) is 9.81. The molecule has 19 heavy (non-hydrogen) atoms. The Morgan fingerprint density at radius 2 is 2.05 bits per heavy atom. The highest BCUT2D eigenvalue weighted by Gasteiger charge is 2.28. The summed E-state index contributed by atoms with van der Waals surface area (Å²) < 4.78 is 49.1. The van der Waals surface area contributed by atoms with Crippen LogP contribution in [0.3, 0.4) is 0 Å². The van der Waals surface area contributed by atoms with Gasteiger partial charge in [0.05, 0.1) is 5.69 Å². The van der Waals surface area contributed by atoms with Gasteiger partial charge < -0.3 is 10.6 Å². The molecule has 0 heterocycles. The third-order valence-electron chi connectivity index (χ3n) is 2.16. The molecule has 1 atom stereocenters. The van der Waals surface area contributed by atoms with Crippen LogP contribution in [0.25, 0.3) is 0 Å². The van der Waals surface area contributed by atoms with E-state index in [4.69, 9.17) is 11.6 Å². The largest absolute Gasteiger partial charge is 0.405 e. The Bertz CT molecular complexity index is 464. The maximum Gasteiger partial charge on any atom is 0.405 e. The summed E-state index contributed by atoms with van der Waals surface area (Å²) in [4.78, 5) is 11.4. The molecule has 0 saturated heterocycles. The second-order valence-electron chi connectivity index (χ2n) is 3.82. The number of alkyl halides is 3. The lowest BCUT2D eigenvalue weighted by Crippen LogP contribution is -2.42. The second kappa shape index (κ2) is 6.10. The van der Waals surface area contributed by atoms with Gasteiger partial charge >= 0.3 is 6.18 Å². The van der Waals surface area contributed by atoms with E-state index in [0.717, 1.165) is 6.07 Å². The number of nitrogens with one attached hydrogen (secondary N) is 2. The van der Waals surface area contributed by atoms with E-state index in [-0.39, 0.29) is 10.7 Å². The molecule has 2 N–H and O–H groups in total. The Morgan fingerprint density at radius 1 is 1.42 bits per heavy atom. The molecule has 0 aliphatic rings. The number of hydrogen-bond acceptors (Lipinski definition) is 2. The molecule has 1 rings (SSSR count). The van der Waals surface area contributed by atoms with Crippen LogP contribution in [-0.4, -0.2) is 24.7 Å². The number of amides is 1. The van der Waals surface area contributed by atoms with E-state index < -0.39 is 30.5 Å². The van der Waals surface area contributed by atoms with Gasteiger partial charge in [-0.05, 0) is 25.1 Å². The first-order valence-electron chi connectivity index (χ1n) is 5.25. The van der Waals surface area contributed by atoms with E-state index in [9.17, 15) is 22.4 Å². The zero-order valence-corrected chi connectivity index (χ0v) is 10.6. The number of rotatable bonds is 4. The molecule has 0 aliphatic heterocycles. The van der Waals surface area contributed by atoms with Gasteiger partial charge in [0.25, 0.3) is 0 Å². The summed E-state index contributed by atoms with van der Waals surface area (Å²) >= 11 is 5.64. The van der Waals surface area contributed by atoms with Crippen LogP contribution in [0.1, 0.15) is 6.92 Å². The smallest absolute Gasteiger partial charge is 0.371 e. The van der Waals surface area contributed by atoms with Crippen LogP contribution in [-0.2, 0) is 4.79 Å². The Kier molecular flexibility index (Phi) is 4.99. The summed E-state index contributed by atoms with van der Waals surface area (Å²) in [6, 6.07) is 2.61. The maximum absolute atomic E-state index is 13.3. The zero-order chi connectivity index (χ0) is 14.6. The van der Waals surface area contributed by atoms with Crippen molar-refractivity contribution in [1.29, 1.82) is 0 Å². The number of hydrogen-bond donors (Lipinski definition) is 2. The lowest BCUT2D eigenvalue weighted by molar-refractivity contribution is -0.138. The summed E-state index contributed by atoms with van der Waals surface area (Å²) in [5.41, 5.74) is -0.0536. The molecule has 3 nitrogen and oxygen atoms in total. The van der Waals surface area contributed by atoms with Gasteiger partial charge in [0.2, 0.25) is 5.91 Å². The number of carbonyl (C=O) groups excluding carboxylic acids is 1. The Balaban J connectivity index is 2.61. The summed E-state index contributed by atoms with van der Waals surface area (Å²) in [5, 5.41) is 4.39. The van der Waals surface area contributed by atoms with E-state index in [1.807, 2.05) is 0 Å². The molecule has 1 unspecified atom stereocenters. The minimum Gasteiger partial charge on any atom is -0.371 e. The summed E-state index contributed by atoms with van der Waals surface area (Å²) in [7, 11) is 0. The SMILES string of the molecule is CC(Nc1cc(Cl)ccc1F)C(=O)NCC(F)(F)F. The number of halogens is 5. The maximum atomic E-state index is 13.3. The van der Waals surface area contributed by atoms with Gasteiger partial charge in [0.1, 0.15) is 18.4 Å². The fraction of sp³-hybridized carbons (Fsp3) is 0.364. The normalized spacial score (nSPS) is 12.9. The van der Waals surface area contributed by atoms with Crippen molar-refractivity contribution in [3.63, 3.8) is 0 Å². The predicted molar refractivity (Wildman–Crippen MR) is 63.6 cm³/mol. The van der Waals surface area contributed by atoms with Gasteiger partial charge in [-0.15, -0.1) is 0 Å². The quantitative estimate of drug-likeness (QED) is 0.839. The number of carbonyl (C=O) groups is 1. The molecule has 0 fully saturated rings. The molecule has 0 bridgehead atoms. The third kappa shape index (κ3) is 5.34. The minimum atomic E-state index is -4.49. The first kappa shape index (κ1) is 15.6. The minimum absolute atomic E-state index is 0.0536. The van der Waals surface area contributed by atoms with Crippen molar-refractivity contribution >= 4 is 23.2 Å². The highest BCUT2D eigenvalue weighted by atomic mass is 35.5. The van der Waals surface area contributed by atoms with E-state index >= 15 is 0 Å². The molecule has 0 spiro atoms. The van der Waals surface area contributed by atoms with Crippen molar-refractivity contribution in [3.8, 4) is 0 Å². The van der Waals surface area contributed by atoms with Crippen molar-refractivity contribution in [2.24, 2.45) is 0 Å². The fourth-order valence-electron chi connectivity index (χ4n) is 1.25. The van der Waals surface area contributed by atoms with Crippen LogP contribution in [0.15, 0.2) is 18.2 Å². The van der Waals surface area contributed by atoms with Gasteiger partial charge in [0, 0.05) is 5.02 Å². The van der Waals surface area contributed by atoms with Crippen molar-refractivity contribution < 1.29 is 22.4 Å². The van der Waals surface area contributed by atoms with E-state index in [0.29, 0.717) is 0 Å². The molecule has 1 aromatic rings. The molecule has 106 valence electrons. The van der Waals surface area contributed by atoms with Gasteiger partial charge in [-0.25, -0.2) is 4.39 Å². The average Bonchev–Trinajstić information content (AvgIpc) is 2.29. The monoisotopic (exact) mass is 298 g/mol. The highest BCUT2D eigenvalue weighted by molar-refractivity contribution is 6.30. The van der Waals surface area contributed by atoms with E-state index in [1.54, 1.807) is 5.32 Å². The van der Waals surface area contributed by atoms with Gasteiger partial charge in [-0.3, -0.25) is 4.79 Å². The summed E-state index contributed by atoms with van der Waals surface area (Å²) in [6.45, 7) is -0.123. The van der Waals surface area contributed by atoms with Crippen molar-refractivity contribution in [2.45, 2.75) is 19.1 Å². The highest BCUT2D eigenvalue weighted by Crippen LogP contribution is 2.20. The Hall–Kier alpha value is -1.50. The van der Waals surface area contributed by atoms with Crippen LogP contribution >= 0.6 is 11.6 Å². The lowest BCUT2D eigenvalue weighted by Gasteiger charge is -2.16. The third-order valence-corrected chi connectivity index (χ3v) is 2.39. The van der Waals surface area contributed by atoms with E-state index in [2.05, 4.69) is 5.32 Å². The number of anilines is 1. The van der Waals surface area contributed by atoms with Crippen LogP contribution in [0.2, 0.25) is 5.02 Å². The van der Waals surface area contributed by atoms with Crippen LogP contribution < -0.4 is 10.6 Å². The van der Waals surface area contributed by atoms with Gasteiger partial charge in [-0.2, -0.15) is 13.2 Å². The molecular formula is C11H11ClF4N2O. The second-order valence-corrected chi connectivity index (χ2v) is 4.26. The average molecular weight is 299 g/mol. The van der Waals surface area contributed by atoms with Crippen LogP contribution in [0.4, 0.5) is 23.2 Å². The molecule has 0 saturated carbocycles. The molecule has 1 aromatic carbocycles. The molecule has 8 heteroatoms. The van der Waals surface area contributed by atoms with Gasteiger partial charge in [0.15, 0.2) is 0 Å². The summed E-state index contributed by atoms with van der Waals surface area (Å²) in [5.74, 6) is -1.54. The predicted octanol–water partition coefficient (Wildman–Crippen LogP) is 2.96. The van der Waals surface area contributed by atoms with Crippen LogP contribution in [0.5, 0.6) is 0 Å². The van der Waals surface area contributed by atoms with Crippen molar-refractivity contribution in [2.75, 3.05) is 11.9 Å². The van der Waals surface area contributed by atoms with E-state index in [1.165, 1.54) is 19.1 Å².